The van der Waals surface area contributed by atoms with Crippen molar-refractivity contribution in [2.75, 3.05) is 11.6 Å². The first kappa shape index (κ1) is 11.8. The van der Waals surface area contributed by atoms with Gasteiger partial charge in [0.1, 0.15) is 5.82 Å². The third-order valence-electron chi connectivity index (χ3n) is 3.56. The van der Waals surface area contributed by atoms with Crippen molar-refractivity contribution in [1.29, 1.82) is 0 Å². The highest BCUT2D eigenvalue weighted by Gasteiger charge is 2.24. The summed E-state index contributed by atoms with van der Waals surface area (Å²) >= 11 is 1.96. The van der Waals surface area contributed by atoms with Crippen LogP contribution in [0.25, 0.3) is 5.65 Å². The fourth-order valence-corrected chi connectivity index (χ4v) is 3.32. The largest absolute Gasteiger partial charge is 0.364 e. The number of nitrogens with zero attached hydrogens (tertiary/aromatic N) is 4. The summed E-state index contributed by atoms with van der Waals surface area (Å²) in [6.45, 7) is 1.95. The molecule has 1 aliphatic carbocycles. The highest BCUT2D eigenvalue weighted by Crippen LogP contribution is 2.30. The molecule has 96 valence electrons. The number of hydrogen-bond acceptors (Lipinski definition) is 5. The van der Waals surface area contributed by atoms with Gasteiger partial charge in [0.2, 0.25) is 5.65 Å². The molecule has 0 saturated heterocycles. The lowest BCUT2D eigenvalue weighted by atomic mass is 10.2. The number of anilines is 1. The summed E-state index contributed by atoms with van der Waals surface area (Å²) in [6, 6.07) is 0.512. The number of nitrogens with one attached hydrogen (secondary N) is 1. The molecule has 2 atom stereocenters. The molecule has 5 nitrogen and oxygen atoms in total. The predicted molar refractivity (Wildman–Crippen MR) is 74.1 cm³/mol. The van der Waals surface area contributed by atoms with Crippen LogP contribution in [0.3, 0.4) is 0 Å². The van der Waals surface area contributed by atoms with E-state index in [9.17, 15) is 0 Å². The van der Waals surface area contributed by atoms with Crippen LogP contribution in [0.4, 0.5) is 5.82 Å². The highest BCUT2D eigenvalue weighted by molar-refractivity contribution is 7.99. The van der Waals surface area contributed by atoms with Crippen molar-refractivity contribution in [3.8, 4) is 0 Å². The first-order chi connectivity index (χ1) is 8.78. The van der Waals surface area contributed by atoms with E-state index in [1.54, 1.807) is 6.20 Å². The van der Waals surface area contributed by atoms with Gasteiger partial charge in [-0.25, -0.2) is 4.98 Å². The van der Waals surface area contributed by atoms with E-state index in [0.717, 1.165) is 22.5 Å². The van der Waals surface area contributed by atoms with Gasteiger partial charge in [-0.05, 0) is 32.4 Å². The molecule has 0 amide bonds. The van der Waals surface area contributed by atoms with E-state index < -0.39 is 0 Å². The van der Waals surface area contributed by atoms with Crippen LogP contribution in [-0.2, 0) is 0 Å². The lowest BCUT2D eigenvalue weighted by Gasteiger charge is -2.13. The number of hydrogen-bond donors (Lipinski definition) is 1. The van der Waals surface area contributed by atoms with Crippen LogP contribution in [0, 0.1) is 6.92 Å². The summed E-state index contributed by atoms with van der Waals surface area (Å²) in [5.41, 5.74) is 0.822. The number of aryl methyl sites for hydroxylation is 1. The van der Waals surface area contributed by atoms with Crippen molar-refractivity contribution in [2.45, 2.75) is 37.5 Å². The quantitative estimate of drug-likeness (QED) is 0.919. The van der Waals surface area contributed by atoms with Crippen LogP contribution in [0.5, 0.6) is 0 Å². The van der Waals surface area contributed by atoms with Crippen LogP contribution >= 0.6 is 11.8 Å². The van der Waals surface area contributed by atoms with Gasteiger partial charge in [-0.3, -0.25) is 4.40 Å². The molecule has 2 heterocycles. The van der Waals surface area contributed by atoms with Crippen LogP contribution in [0.1, 0.15) is 25.1 Å². The minimum atomic E-state index is 0.512. The summed E-state index contributed by atoms with van der Waals surface area (Å²) in [7, 11) is 0. The van der Waals surface area contributed by atoms with E-state index in [4.69, 9.17) is 0 Å². The number of thioether (sulfide) groups is 1. The molecule has 1 saturated carbocycles. The van der Waals surface area contributed by atoms with E-state index >= 15 is 0 Å². The third-order valence-corrected chi connectivity index (χ3v) is 4.65. The summed E-state index contributed by atoms with van der Waals surface area (Å²) in [5, 5.41) is 12.6. The zero-order valence-electron chi connectivity index (χ0n) is 10.6. The van der Waals surface area contributed by atoms with Crippen molar-refractivity contribution in [2.24, 2.45) is 0 Å². The molecule has 0 radical (unpaired) electrons. The fraction of sp³-hybridized carbons (Fsp3) is 0.583. The van der Waals surface area contributed by atoms with E-state index in [-0.39, 0.29) is 0 Å². The first-order valence-electron chi connectivity index (χ1n) is 6.23. The fourth-order valence-electron chi connectivity index (χ4n) is 2.52. The van der Waals surface area contributed by atoms with Gasteiger partial charge in [-0.15, -0.1) is 10.2 Å². The van der Waals surface area contributed by atoms with Gasteiger partial charge in [-0.2, -0.15) is 11.8 Å². The van der Waals surface area contributed by atoms with Gasteiger partial charge in [0.05, 0.1) is 0 Å². The maximum absolute atomic E-state index is 4.39. The summed E-state index contributed by atoms with van der Waals surface area (Å²) in [4.78, 5) is 4.39. The molecule has 2 aromatic heterocycles. The predicted octanol–water partition coefficient (Wildman–Crippen LogP) is 2.13. The Morgan fingerprint density at radius 3 is 3.06 bits per heavy atom. The van der Waals surface area contributed by atoms with Crippen molar-refractivity contribution >= 4 is 23.2 Å². The standard InChI is InChI=1S/C12H17N5S/c1-8-15-16-12-11(13-5-6-17(8)12)14-9-3-4-10(7-9)18-2/h5-6,9-10H,3-4,7H2,1-2H3,(H,13,14). The van der Waals surface area contributed by atoms with Gasteiger partial charge in [0.15, 0.2) is 5.82 Å². The maximum Gasteiger partial charge on any atom is 0.203 e. The van der Waals surface area contributed by atoms with Crippen molar-refractivity contribution in [1.82, 2.24) is 19.6 Å². The molecule has 1 fully saturated rings. The van der Waals surface area contributed by atoms with Gasteiger partial charge < -0.3 is 5.32 Å². The molecule has 2 unspecified atom stereocenters. The molecular weight excluding hydrogens is 246 g/mol. The Morgan fingerprint density at radius 2 is 2.28 bits per heavy atom. The average Bonchev–Trinajstić information content (AvgIpc) is 2.98. The Labute approximate surface area is 110 Å². The maximum atomic E-state index is 4.39. The number of fused-ring (bicyclic) bond motifs is 1. The van der Waals surface area contributed by atoms with Crippen LogP contribution < -0.4 is 5.32 Å². The van der Waals surface area contributed by atoms with Crippen molar-refractivity contribution in [3.05, 3.63) is 18.2 Å². The lowest BCUT2D eigenvalue weighted by molar-refractivity contribution is 0.751. The molecule has 18 heavy (non-hydrogen) atoms. The second-order valence-electron chi connectivity index (χ2n) is 4.73. The smallest absolute Gasteiger partial charge is 0.203 e. The molecule has 0 spiro atoms. The first-order valence-corrected chi connectivity index (χ1v) is 7.52. The second kappa shape index (κ2) is 4.76. The zero-order chi connectivity index (χ0) is 12.5. The zero-order valence-corrected chi connectivity index (χ0v) is 11.4. The van der Waals surface area contributed by atoms with Crippen LogP contribution in [-0.4, -0.2) is 37.1 Å². The van der Waals surface area contributed by atoms with Gasteiger partial charge in [0.25, 0.3) is 0 Å². The monoisotopic (exact) mass is 263 g/mol. The molecule has 2 aromatic rings. The molecular formula is C12H17N5S. The minimum absolute atomic E-state index is 0.512. The molecule has 0 bridgehead atoms. The lowest BCUT2D eigenvalue weighted by Crippen LogP contribution is -2.17. The molecule has 3 rings (SSSR count). The Balaban J connectivity index is 1.83. The van der Waals surface area contributed by atoms with Crippen molar-refractivity contribution in [3.63, 3.8) is 0 Å². The summed E-state index contributed by atoms with van der Waals surface area (Å²) < 4.78 is 1.97. The summed E-state index contributed by atoms with van der Waals surface area (Å²) in [6.07, 6.45) is 9.59. The van der Waals surface area contributed by atoms with Crippen molar-refractivity contribution < 1.29 is 0 Å². The molecule has 1 N–H and O–H groups in total. The summed E-state index contributed by atoms with van der Waals surface area (Å²) in [5.74, 6) is 1.74. The van der Waals surface area contributed by atoms with Gasteiger partial charge in [0, 0.05) is 23.7 Å². The second-order valence-corrected chi connectivity index (χ2v) is 5.87. The SMILES string of the molecule is CSC1CCC(Nc2nccn3c(C)nnc23)C1. The Bertz CT molecular complexity index is 552. The van der Waals surface area contributed by atoms with E-state index in [1.807, 2.05) is 29.3 Å². The highest BCUT2D eigenvalue weighted by atomic mass is 32.2. The molecule has 0 aromatic carbocycles. The van der Waals surface area contributed by atoms with E-state index in [2.05, 4.69) is 26.8 Å². The van der Waals surface area contributed by atoms with Gasteiger partial charge >= 0.3 is 0 Å². The van der Waals surface area contributed by atoms with Crippen LogP contribution in [0.15, 0.2) is 12.4 Å². The third kappa shape index (κ3) is 2.05. The Kier molecular flexibility index (Phi) is 3.11. The Morgan fingerprint density at radius 1 is 1.39 bits per heavy atom. The Hall–Kier alpha value is -1.30. The average molecular weight is 263 g/mol. The molecule has 6 heteroatoms. The number of aromatic nitrogens is 4. The molecule has 0 aliphatic heterocycles. The van der Waals surface area contributed by atoms with E-state index in [0.29, 0.717) is 6.04 Å². The van der Waals surface area contributed by atoms with E-state index in [1.165, 1.54) is 19.3 Å². The number of rotatable bonds is 3. The molecule has 1 aliphatic rings. The minimum Gasteiger partial charge on any atom is -0.364 e. The normalized spacial score (nSPS) is 23.7. The van der Waals surface area contributed by atoms with Gasteiger partial charge in [-0.1, -0.05) is 0 Å². The van der Waals surface area contributed by atoms with Crippen LogP contribution in [0.2, 0.25) is 0 Å². The topological polar surface area (TPSA) is 55.1 Å².